The molecule has 1 aromatic heterocycles. The first-order valence-corrected chi connectivity index (χ1v) is 9.67. The predicted molar refractivity (Wildman–Crippen MR) is 107 cm³/mol. The van der Waals surface area contributed by atoms with Gasteiger partial charge in [0.15, 0.2) is 5.78 Å². The Labute approximate surface area is 162 Å². The molecule has 0 saturated heterocycles. The first kappa shape index (κ1) is 18.9. The number of nitrogens with one attached hydrogen (secondary N) is 1. The number of carbonyl (C=O) groups excluding carboxylic acids is 2. The molecule has 1 heterocycles. The van der Waals surface area contributed by atoms with Crippen LogP contribution in [0.3, 0.4) is 0 Å². The molecule has 1 aliphatic rings. The van der Waals surface area contributed by atoms with Crippen LogP contribution in [0.25, 0.3) is 0 Å². The van der Waals surface area contributed by atoms with Gasteiger partial charge in [-0.1, -0.05) is 29.8 Å². The van der Waals surface area contributed by atoms with E-state index in [0.717, 1.165) is 36.8 Å². The number of nitriles is 1. The number of nitrogens with zero attached hydrogens (tertiary/aromatic N) is 1. The highest BCUT2D eigenvalue weighted by atomic mass is 32.1. The van der Waals surface area contributed by atoms with Gasteiger partial charge in [0.05, 0.1) is 5.56 Å². The molecule has 0 atom stereocenters. The van der Waals surface area contributed by atoms with Crippen LogP contribution < -0.4 is 11.1 Å². The Morgan fingerprint density at radius 1 is 1.19 bits per heavy atom. The number of hydrogen-bond acceptors (Lipinski definition) is 5. The monoisotopic (exact) mass is 379 g/mol. The Balaban J connectivity index is 2.08. The van der Waals surface area contributed by atoms with Crippen LogP contribution in [-0.4, -0.2) is 11.7 Å². The molecular formula is C21H21N3O2S. The molecule has 0 bridgehead atoms. The molecule has 0 radical (unpaired) electrons. The highest BCUT2D eigenvalue weighted by Crippen LogP contribution is 2.40. The zero-order chi connectivity index (χ0) is 19.6. The smallest absolute Gasteiger partial charge is 0.261 e. The largest absolute Gasteiger partial charge is 0.365 e. The molecule has 6 heteroatoms. The third-order valence-corrected chi connectivity index (χ3v) is 5.95. The maximum absolute atomic E-state index is 13.3. The number of ketones is 1. The van der Waals surface area contributed by atoms with Gasteiger partial charge in [-0.15, -0.1) is 11.3 Å². The minimum atomic E-state index is -0.782. The molecule has 1 aromatic carbocycles. The van der Waals surface area contributed by atoms with Gasteiger partial charge in [0.2, 0.25) is 0 Å². The Kier molecular flexibility index (Phi) is 5.43. The van der Waals surface area contributed by atoms with Crippen molar-refractivity contribution in [3.63, 3.8) is 0 Å². The molecule has 0 spiro atoms. The average molecular weight is 379 g/mol. The summed E-state index contributed by atoms with van der Waals surface area (Å²) in [5, 5.41) is 13.0. The van der Waals surface area contributed by atoms with Crippen molar-refractivity contribution >= 4 is 28.0 Å². The summed E-state index contributed by atoms with van der Waals surface area (Å²) < 4.78 is 0. The van der Waals surface area contributed by atoms with E-state index in [1.165, 1.54) is 16.2 Å². The maximum Gasteiger partial charge on any atom is 0.261 e. The zero-order valence-electron chi connectivity index (χ0n) is 15.4. The number of amides is 1. The molecule has 1 amide bonds. The number of allylic oxidation sites excluding steroid dienone is 1. The number of rotatable bonds is 5. The average Bonchev–Trinajstić information content (AvgIpc) is 2.99. The molecule has 0 saturated carbocycles. The van der Waals surface area contributed by atoms with Gasteiger partial charge in [0.25, 0.3) is 5.91 Å². The van der Waals surface area contributed by atoms with E-state index in [1.54, 1.807) is 6.92 Å². The topological polar surface area (TPSA) is 96.0 Å². The fraction of sp³-hybridized carbons (Fsp3) is 0.286. The molecular weight excluding hydrogens is 358 g/mol. The lowest BCUT2D eigenvalue weighted by molar-refractivity contribution is -0.114. The van der Waals surface area contributed by atoms with Crippen LogP contribution in [0.5, 0.6) is 0 Å². The van der Waals surface area contributed by atoms with Gasteiger partial charge in [-0.05, 0) is 45.1 Å². The number of fused-ring (bicyclic) bond motifs is 1. The predicted octanol–water partition coefficient (Wildman–Crippen LogP) is 3.86. The summed E-state index contributed by atoms with van der Waals surface area (Å²) in [5.41, 5.74) is 8.98. The van der Waals surface area contributed by atoms with Gasteiger partial charge in [-0.2, -0.15) is 5.26 Å². The molecule has 0 unspecified atom stereocenters. The second-order valence-corrected chi connectivity index (χ2v) is 7.82. The molecule has 3 rings (SSSR count). The zero-order valence-corrected chi connectivity index (χ0v) is 16.2. The van der Waals surface area contributed by atoms with Crippen LogP contribution in [0.4, 0.5) is 5.00 Å². The van der Waals surface area contributed by atoms with Crippen molar-refractivity contribution < 1.29 is 9.59 Å². The quantitative estimate of drug-likeness (QED) is 0.468. The van der Waals surface area contributed by atoms with Gasteiger partial charge in [0.1, 0.15) is 16.6 Å². The third kappa shape index (κ3) is 3.79. The molecule has 0 aliphatic heterocycles. The number of thiophene rings is 1. The van der Waals surface area contributed by atoms with Crippen LogP contribution in [0.2, 0.25) is 0 Å². The van der Waals surface area contributed by atoms with Crippen LogP contribution in [0, 0.1) is 18.3 Å². The van der Waals surface area contributed by atoms with E-state index in [0.29, 0.717) is 21.8 Å². The third-order valence-electron chi connectivity index (χ3n) is 4.75. The van der Waals surface area contributed by atoms with Crippen molar-refractivity contribution in [2.24, 2.45) is 5.73 Å². The number of primary amides is 1. The van der Waals surface area contributed by atoms with Crippen molar-refractivity contribution in [2.75, 3.05) is 5.32 Å². The Morgan fingerprint density at radius 3 is 2.48 bits per heavy atom. The molecule has 2 aromatic rings. The fourth-order valence-corrected chi connectivity index (χ4v) is 4.64. The van der Waals surface area contributed by atoms with Gasteiger partial charge in [0, 0.05) is 16.1 Å². The van der Waals surface area contributed by atoms with E-state index >= 15 is 0 Å². The summed E-state index contributed by atoms with van der Waals surface area (Å²) in [6.45, 7) is 3.61. The van der Waals surface area contributed by atoms with E-state index in [-0.39, 0.29) is 11.4 Å². The Hall–Kier alpha value is -2.91. The number of benzene rings is 1. The highest BCUT2D eigenvalue weighted by molar-refractivity contribution is 7.16. The summed E-state index contributed by atoms with van der Waals surface area (Å²) in [6, 6.07) is 9.34. The van der Waals surface area contributed by atoms with E-state index in [4.69, 9.17) is 5.73 Å². The number of aryl methyl sites for hydroxylation is 2. The van der Waals surface area contributed by atoms with E-state index in [1.807, 2.05) is 37.3 Å². The summed E-state index contributed by atoms with van der Waals surface area (Å²) in [4.78, 5) is 25.9. The normalized spacial score (nSPS) is 14.0. The number of hydrogen-bond donors (Lipinski definition) is 2. The summed E-state index contributed by atoms with van der Waals surface area (Å²) in [6.07, 6.45) is 3.96. The molecule has 1 aliphatic carbocycles. The summed E-state index contributed by atoms with van der Waals surface area (Å²) in [7, 11) is 0. The highest BCUT2D eigenvalue weighted by Gasteiger charge is 2.26. The SMILES string of the molecule is C/C(Nc1sc2c(c1C(=O)c1ccc(C)cc1)CCCC2)=C(/C#N)C(N)=O. The second-order valence-electron chi connectivity index (χ2n) is 6.71. The van der Waals surface area contributed by atoms with Crippen molar-refractivity contribution in [2.45, 2.75) is 39.5 Å². The first-order chi connectivity index (χ1) is 12.9. The lowest BCUT2D eigenvalue weighted by atomic mass is 9.91. The van der Waals surface area contributed by atoms with E-state index < -0.39 is 5.91 Å². The minimum Gasteiger partial charge on any atom is -0.365 e. The summed E-state index contributed by atoms with van der Waals surface area (Å²) in [5.74, 6) is -0.822. The number of anilines is 1. The van der Waals surface area contributed by atoms with Crippen molar-refractivity contribution in [1.29, 1.82) is 5.26 Å². The van der Waals surface area contributed by atoms with Crippen LogP contribution in [0.15, 0.2) is 35.5 Å². The molecule has 5 nitrogen and oxygen atoms in total. The van der Waals surface area contributed by atoms with E-state index in [2.05, 4.69) is 5.32 Å². The van der Waals surface area contributed by atoms with Crippen LogP contribution in [0.1, 0.15) is 51.7 Å². The maximum atomic E-state index is 13.3. The Morgan fingerprint density at radius 2 is 1.85 bits per heavy atom. The number of nitrogens with two attached hydrogens (primary N) is 1. The lowest BCUT2D eigenvalue weighted by Gasteiger charge is -2.13. The summed E-state index contributed by atoms with van der Waals surface area (Å²) >= 11 is 1.53. The Bertz CT molecular complexity index is 978. The second kappa shape index (κ2) is 7.77. The molecule has 138 valence electrons. The van der Waals surface area contributed by atoms with Crippen molar-refractivity contribution in [1.82, 2.24) is 0 Å². The van der Waals surface area contributed by atoms with Gasteiger partial charge >= 0.3 is 0 Å². The first-order valence-electron chi connectivity index (χ1n) is 8.86. The van der Waals surface area contributed by atoms with Crippen LogP contribution in [-0.2, 0) is 17.6 Å². The lowest BCUT2D eigenvalue weighted by Crippen LogP contribution is -2.17. The fourth-order valence-electron chi connectivity index (χ4n) is 3.30. The molecule has 0 fully saturated rings. The number of carbonyl (C=O) groups is 2. The van der Waals surface area contributed by atoms with Crippen LogP contribution >= 0.6 is 11.3 Å². The van der Waals surface area contributed by atoms with Gasteiger partial charge < -0.3 is 11.1 Å². The van der Waals surface area contributed by atoms with Crippen molar-refractivity contribution in [3.05, 3.63) is 62.7 Å². The molecule has 3 N–H and O–H groups in total. The minimum absolute atomic E-state index is 0.0396. The molecule has 27 heavy (non-hydrogen) atoms. The van der Waals surface area contributed by atoms with Gasteiger partial charge in [-0.25, -0.2) is 0 Å². The van der Waals surface area contributed by atoms with Gasteiger partial charge in [-0.3, -0.25) is 9.59 Å². The van der Waals surface area contributed by atoms with E-state index in [9.17, 15) is 14.9 Å². The standard InChI is InChI=1S/C21H21N3O2S/c1-12-7-9-14(10-8-12)19(25)18-15-5-3-4-6-17(15)27-21(18)24-13(2)16(11-22)20(23)26/h7-10,24H,3-6H2,1-2H3,(H2,23,26)/b16-13+. The van der Waals surface area contributed by atoms with Crippen molar-refractivity contribution in [3.8, 4) is 6.07 Å².